The number of methoxy groups -OCH3 is 1. The topological polar surface area (TPSA) is 75.7 Å². The molecule has 0 saturated carbocycles. The number of nitrogens with one attached hydrogen (secondary N) is 1. The van der Waals surface area contributed by atoms with Crippen molar-refractivity contribution in [2.24, 2.45) is 0 Å². The first kappa shape index (κ1) is 20.7. The first-order valence-corrected chi connectivity index (χ1v) is 9.35. The highest BCUT2D eigenvalue weighted by atomic mass is 35.5. The quantitative estimate of drug-likeness (QED) is 0.401. The van der Waals surface area contributed by atoms with Gasteiger partial charge in [0.15, 0.2) is 0 Å². The molecule has 0 fully saturated rings. The number of rotatable bonds is 4. The smallest absolute Gasteiger partial charge is 0.263 e. The summed E-state index contributed by atoms with van der Waals surface area (Å²) in [5.74, 6) is -1.73. The maximum Gasteiger partial charge on any atom is 0.263 e. The molecule has 3 rings (SSSR count). The summed E-state index contributed by atoms with van der Waals surface area (Å²) in [4.78, 5) is 38.5. The molecule has 146 valence electrons. The fourth-order valence-electron chi connectivity index (χ4n) is 2.79. The number of amides is 3. The Labute approximate surface area is 180 Å². The van der Waals surface area contributed by atoms with Crippen LogP contribution in [0.5, 0.6) is 5.75 Å². The summed E-state index contributed by atoms with van der Waals surface area (Å²) >= 11 is 24.1. The summed E-state index contributed by atoms with van der Waals surface area (Å²) in [6, 6.07) is 5.21. The van der Waals surface area contributed by atoms with Gasteiger partial charge in [-0.05, 0) is 24.6 Å². The SMILES string of the molecule is COc1ccc(C)cc1NC(=O)CN1C(=O)c2c(Cl)c(Cl)c(Cl)c(Cl)c2C1=O. The number of carbonyl (C=O) groups is 3. The molecule has 1 N–H and O–H groups in total. The van der Waals surface area contributed by atoms with Crippen molar-refractivity contribution >= 4 is 69.8 Å². The van der Waals surface area contributed by atoms with E-state index in [0.29, 0.717) is 11.4 Å². The fraction of sp³-hybridized carbons (Fsp3) is 0.167. The van der Waals surface area contributed by atoms with Gasteiger partial charge in [-0.3, -0.25) is 19.3 Å². The summed E-state index contributed by atoms with van der Waals surface area (Å²) in [6.07, 6.45) is 0. The summed E-state index contributed by atoms with van der Waals surface area (Å²) < 4.78 is 5.20. The maximum atomic E-state index is 12.7. The lowest BCUT2D eigenvalue weighted by Gasteiger charge is -2.15. The lowest BCUT2D eigenvalue weighted by atomic mass is 10.1. The number of benzene rings is 2. The average molecular weight is 462 g/mol. The molecule has 1 aliphatic rings. The Morgan fingerprint density at radius 1 is 1.00 bits per heavy atom. The van der Waals surface area contributed by atoms with Gasteiger partial charge >= 0.3 is 0 Å². The molecule has 28 heavy (non-hydrogen) atoms. The van der Waals surface area contributed by atoms with E-state index < -0.39 is 24.3 Å². The van der Waals surface area contributed by atoms with E-state index in [0.717, 1.165) is 10.5 Å². The van der Waals surface area contributed by atoms with Crippen molar-refractivity contribution in [1.29, 1.82) is 0 Å². The van der Waals surface area contributed by atoms with Crippen molar-refractivity contribution in [2.75, 3.05) is 19.0 Å². The van der Waals surface area contributed by atoms with Crippen molar-refractivity contribution in [2.45, 2.75) is 6.92 Å². The Balaban J connectivity index is 1.88. The normalized spacial score (nSPS) is 13.0. The first-order valence-electron chi connectivity index (χ1n) is 7.84. The van der Waals surface area contributed by atoms with E-state index in [-0.39, 0.29) is 31.2 Å². The van der Waals surface area contributed by atoms with Gasteiger partial charge in [-0.25, -0.2) is 0 Å². The highest BCUT2D eigenvalue weighted by Gasteiger charge is 2.42. The maximum absolute atomic E-state index is 12.7. The second-order valence-electron chi connectivity index (χ2n) is 5.95. The number of ether oxygens (including phenoxy) is 1. The third kappa shape index (κ3) is 3.42. The number of carbonyl (C=O) groups excluding carboxylic acids is 3. The molecule has 0 atom stereocenters. The van der Waals surface area contributed by atoms with Crippen LogP contribution in [0.1, 0.15) is 26.3 Å². The van der Waals surface area contributed by atoms with Crippen LogP contribution in [0, 0.1) is 6.92 Å². The van der Waals surface area contributed by atoms with Crippen LogP contribution in [0.25, 0.3) is 0 Å². The van der Waals surface area contributed by atoms with Crippen molar-refractivity contribution < 1.29 is 19.1 Å². The van der Waals surface area contributed by atoms with Crippen molar-refractivity contribution in [3.05, 3.63) is 55.0 Å². The molecular formula is C18H12Cl4N2O4. The van der Waals surface area contributed by atoms with Crippen molar-refractivity contribution in [1.82, 2.24) is 4.90 Å². The van der Waals surface area contributed by atoms with Crippen LogP contribution in [0.4, 0.5) is 5.69 Å². The van der Waals surface area contributed by atoms with E-state index in [9.17, 15) is 14.4 Å². The number of anilines is 1. The van der Waals surface area contributed by atoms with Gasteiger partial charge in [0.25, 0.3) is 11.8 Å². The molecule has 0 aromatic heterocycles. The molecular weight excluding hydrogens is 450 g/mol. The molecule has 0 unspecified atom stereocenters. The van der Waals surface area contributed by atoms with Crippen LogP contribution in [-0.4, -0.2) is 36.3 Å². The summed E-state index contributed by atoms with van der Waals surface area (Å²) in [6.45, 7) is 1.29. The molecule has 2 aromatic rings. The predicted molar refractivity (Wildman–Crippen MR) is 108 cm³/mol. The number of fused-ring (bicyclic) bond motifs is 1. The number of halogens is 4. The standard InChI is InChI=1S/C18H12Cl4N2O4/c1-7-3-4-9(28-2)8(5-7)23-10(25)6-24-17(26)11-12(18(24)27)14(20)16(22)15(21)13(11)19/h3-5H,6H2,1-2H3,(H,23,25). The second-order valence-corrected chi connectivity index (χ2v) is 7.47. The monoisotopic (exact) mass is 460 g/mol. The molecule has 0 radical (unpaired) electrons. The molecule has 0 saturated heterocycles. The van der Waals surface area contributed by atoms with E-state index in [1.807, 2.05) is 13.0 Å². The van der Waals surface area contributed by atoms with Gasteiger partial charge in [-0.15, -0.1) is 0 Å². The Kier molecular flexibility index (Phi) is 5.77. The average Bonchev–Trinajstić information content (AvgIpc) is 2.89. The first-order chi connectivity index (χ1) is 13.2. The highest BCUT2D eigenvalue weighted by molar-refractivity contribution is 6.55. The number of aryl methyl sites for hydroxylation is 1. The number of hydrogen-bond donors (Lipinski definition) is 1. The van der Waals surface area contributed by atoms with E-state index in [2.05, 4.69) is 5.32 Å². The summed E-state index contributed by atoms with van der Waals surface area (Å²) in [5, 5.41) is 1.98. The molecule has 10 heteroatoms. The number of nitrogens with zero attached hydrogens (tertiary/aromatic N) is 1. The van der Waals surface area contributed by atoms with Gasteiger partial charge in [0.1, 0.15) is 12.3 Å². The largest absolute Gasteiger partial charge is 0.495 e. The van der Waals surface area contributed by atoms with Gasteiger partial charge < -0.3 is 10.1 Å². The Hall–Kier alpha value is -1.99. The molecule has 3 amide bonds. The van der Waals surface area contributed by atoms with Gasteiger partial charge in [0.2, 0.25) is 5.91 Å². The molecule has 1 aliphatic heterocycles. The van der Waals surface area contributed by atoms with Gasteiger partial charge in [0, 0.05) is 0 Å². The molecule has 0 spiro atoms. The summed E-state index contributed by atoms with van der Waals surface area (Å²) in [5.41, 5.74) is 0.949. The Bertz CT molecular complexity index is 992. The lowest BCUT2D eigenvalue weighted by Crippen LogP contribution is -2.37. The van der Waals surface area contributed by atoms with Crippen LogP contribution in [0.2, 0.25) is 20.1 Å². The van der Waals surface area contributed by atoms with Gasteiger partial charge in [0.05, 0.1) is 44.0 Å². The molecule has 1 heterocycles. The van der Waals surface area contributed by atoms with Gasteiger partial charge in [-0.1, -0.05) is 52.5 Å². The molecule has 6 nitrogen and oxygen atoms in total. The highest BCUT2D eigenvalue weighted by Crippen LogP contribution is 2.44. The second kappa shape index (κ2) is 7.79. The molecule has 2 aromatic carbocycles. The zero-order valence-electron chi connectivity index (χ0n) is 14.5. The third-order valence-corrected chi connectivity index (χ3v) is 5.92. The minimum Gasteiger partial charge on any atom is -0.495 e. The van der Waals surface area contributed by atoms with E-state index >= 15 is 0 Å². The van der Waals surface area contributed by atoms with E-state index in [4.69, 9.17) is 51.1 Å². The van der Waals surface area contributed by atoms with E-state index in [1.165, 1.54) is 7.11 Å². The molecule has 0 bridgehead atoms. The van der Waals surface area contributed by atoms with Crippen LogP contribution in [-0.2, 0) is 4.79 Å². The minimum atomic E-state index is -0.781. The third-order valence-electron chi connectivity index (χ3n) is 4.12. The van der Waals surface area contributed by atoms with Gasteiger partial charge in [-0.2, -0.15) is 0 Å². The fourth-order valence-corrected chi connectivity index (χ4v) is 3.81. The van der Waals surface area contributed by atoms with Crippen molar-refractivity contribution in [3.63, 3.8) is 0 Å². The van der Waals surface area contributed by atoms with Crippen molar-refractivity contribution in [3.8, 4) is 5.75 Å². The zero-order chi connectivity index (χ0) is 20.7. The minimum absolute atomic E-state index is 0.135. The van der Waals surface area contributed by atoms with Crippen LogP contribution < -0.4 is 10.1 Å². The van der Waals surface area contributed by atoms with Crippen LogP contribution in [0.3, 0.4) is 0 Å². The lowest BCUT2D eigenvalue weighted by molar-refractivity contribution is -0.116. The zero-order valence-corrected chi connectivity index (χ0v) is 17.6. The number of imide groups is 1. The predicted octanol–water partition coefficient (Wildman–Crippen LogP) is 4.85. The summed E-state index contributed by atoms with van der Waals surface area (Å²) in [7, 11) is 1.46. The van der Waals surface area contributed by atoms with E-state index in [1.54, 1.807) is 12.1 Å². The Morgan fingerprint density at radius 2 is 1.54 bits per heavy atom. The Morgan fingerprint density at radius 3 is 2.04 bits per heavy atom. The number of hydrogen-bond acceptors (Lipinski definition) is 4. The molecule has 0 aliphatic carbocycles. The van der Waals surface area contributed by atoms with Crippen LogP contribution in [0.15, 0.2) is 18.2 Å². The van der Waals surface area contributed by atoms with Crippen LogP contribution >= 0.6 is 46.4 Å².